The molecule has 21 heavy (non-hydrogen) atoms. The number of aromatic nitrogens is 2. The van der Waals surface area contributed by atoms with Gasteiger partial charge in [-0.05, 0) is 40.9 Å². The Morgan fingerprint density at radius 1 is 1.19 bits per heavy atom. The van der Waals surface area contributed by atoms with Crippen LogP contribution in [-0.2, 0) is 6.54 Å². The van der Waals surface area contributed by atoms with Gasteiger partial charge in [-0.1, -0.05) is 30.3 Å². The average Bonchev–Trinajstić information content (AvgIpc) is 2.51. The van der Waals surface area contributed by atoms with Crippen LogP contribution in [-0.4, -0.2) is 34.0 Å². The summed E-state index contributed by atoms with van der Waals surface area (Å²) in [7, 11) is 0. The van der Waals surface area contributed by atoms with Crippen molar-refractivity contribution >= 4 is 21.9 Å². The summed E-state index contributed by atoms with van der Waals surface area (Å²) in [5, 5.41) is 3.44. The third-order valence-corrected chi connectivity index (χ3v) is 4.12. The quantitative estimate of drug-likeness (QED) is 0.921. The number of hydrogen-bond donors (Lipinski definition) is 1. The van der Waals surface area contributed by atoms with Crippen molar-refractivity contribution in [3.63, 3.8) is 0 Å². The maximum atomic E-state index is 4.29. The second kappa shape index (κ2) is 7.00. The second-order valence-electron chi connectivity index (χ2n) is 5.43. The fraction of sp³-hybridized carbons (Fsp3) is 0.375. The Kier molecular flexibility index (Phi) is 4.83. The molecule has 5 heteroatoms. The molecule has 2 aromatic rings. The molecular formula is C16H19BrN4. The molecule has 1 aromatic carbocycles. The molecule has 0 saturated carbocycles. The summed E-state index contributed by atoms with van der Waals surface area (Å²) in [6, 6.07) is 11.1. The second-order valence-corrected chi connectivity index (χ2v) is 6.34. The summed E-state index contributed by atoms with van der Waals surface area (Å²) in [4.78, 5) is 11.1. The number of nitrogens with one attached hydrogen (secondary N) is 1. The van der Waals surface area contributed by atoms with Gasteiger partial charge in [-0.15, -0.1) is 0 Å². The molecule has 2 heterocycles. The molecule has 110 valence electrons. The molecule has 1 aliphatic rings. The number of rotatable bonds is 4. The van der Waals surface area contributed by atoms with Crippen LogP contribution in [0.3, 0.4) is 0 Å². The van der Waals surface area contributed by atoms with Crippen molar-refractivity contribution in [3.05, 3.63) is 52.8 Å². The standard InChI is InChI=1S/C16H19BrN4/c17-14-9-18-16(19-10-14)20-15-7-4-8-21(12-15)11-13-5-2-1-3-6-13/h1-3,5-6,9-10,15H,4,7-8,11-12H2,(H,18,19,20). The van der Waals surface area contributed by atoms with Crippen molar-refractivity contribution in [2.24, 2.45) is 0 Å². The van der Waals surface area contributed by atoms with Crippen molar-refractivity contribution < 1.29 is 0 Å². The number of hydrogen-bond acceptors (Lipinski definition) is 4. The molecule has 0 amide bonds. The monoisotopic (exact) mass is 346 g/mol. The zero-order valence-electron chi connectivity index (χ0n) is 11.9. The van der Waals surface area contributed by atoms with Gasteiger partial charge in [-0.25, -0.2) is 9.97 Å². The third kappa shape index (κ3) is 4.25. The smallest absolute Gasteiger partial charge is 0.222 e. The van der Waals surface area contributed by atoms with Crippen molar-refractivity contribution in [1.82, 2.24) is 14.9 Å². The fourth-order valence-electron chi connectivity index (χ4n) is 2.73. The van der Waals surface area contributed by atoms with Crippen LogP contribution >= 0.6 is 15.9 Å². The van der Waals surface area contributed by atoms with Crippen LogP contribution in [0, 0.1) is 0 Å². The molecule has 1 fully saturated rings. The van der Waals surface area contributed by atoms with E-state index in [2.05, 4.69) is 66.4 Å². The molecule has 1 N–H and O–H groups in total. The normalized spacial score (nSPS) is 19.4. The number of halogens is 1. The molecule has 0 bridgehead atoms. The predicted octanol–water partition coefficient (Wildman–Crippen LogP) is 3.32. The summed E-state index contributed by atoms with van der Waals surface area (Å²) in [6.07, 6.45) is 5.94. The minimum atomic E-state index is 0.420. The van der Waals surface area contributed by atoms with E-state index in [4.69, 9.17) is 0 Å². The maximum Gasteiger partial charge on any atom is 0.222 e. The summed E-state index contributed by atoms with van der Waals surface area (Å²) in [5.74, 6) is 0.713. The molecule has 0 aliphatic carbocycles. The Labute approximate surface area is 133 Å². The van der Waals surface area contributed by atoms with Crippen LogP contribution < -0.4 is 5.32 Å². The van der Waals surface area contributed by atoms with Crippen LogP contribution in [0.4, 0.5) is 5.95 Å². The Bertz CT molecular complexity index is 558. The zero-order valence-corrected chi connectivity index (χ0v) is 13.5. The summed E-state index contributed by atoms with van der Waals surface area (Å²) in [6.45, 7) is 3.21. The minimum absolute atomic E-state index is 0.420. The first-order valence-electron chi connectivity index (χ1n) is 7.30. The van der Waals surface area contributed by atoms with E-state index in [0.717, 1.165) is 24.1 Å². The van der Waals surface area contributed by atoms with Crippen molar-refractivity contribution in [1.29, 1.82) is 0 Å². The molecular weight excluding hydrogens is 328 g/mol. The maximum absolute atomic E-state index is 4.29. The summed E-state index contributed by atoms with van der Waals surface area (Å²) in [5.41, 5.74) is 1.37. The topological polar surface area (TPSA) is 41.1 Å². The summed E-state index contributed by atoms with van der Waals surface area (Å²) >= 11 is 3.36. The molecule has 0 spiro atoms. The Balaban J connectivity index is 1.57. The zero-order chi connectivity index (χ0) is 14.5. The van der Waals surface area contributed by atoms with Gasteiger partial charge in [-0.2, -0.15) is 0 Å². The van der Waals surface area contributed by atoms with E-state index in [1.807, 2.05) is 0 Å². The first kappa shape index (κ1) is 14.5. The van der Waals surface area contributed by atoms with E-state index in [9.17, 15) is 0 Å². The van der Waals surface area contributed by atoms with Crippen LogP contribution in [0.2, 0.25) is 0 Å². The van der Waals surface area contributed by atoms with Crippen molar-refractivity contribution in [2.75, 3.05) is 18.4 Å². The van der Waals surface area contributed by atoms with E-state index in [0.29, 0.717) is 12.0 Å². The van der Waals surface area contributed by atoms with E-state index in [-0.39, 0.29) is 0 Å². The number of anilines is 1. The third-order valence-electron chi connectivity index (χ3n) is 3.71. The lowest BCUT2D eigenvalue weighted by Gasteiger charge is -2.33. The fourth-order valence-corrected chi connectivity index (χ4v) is 2.93. The van der Waals surface area contributed by atoms with E-state index >= 15 is 0 Å². The van der Waals surface area contributed by atoms with E-state index in [1.165, 1.54) is 18.4 Å². The van der Waals surface area contributed by atoms with Gasteiger partial charge in [0.1, 0.15) is 0 Å². The van der Waals surface area contributed by atoms with E-state index in [1.54, 1.807) is 12.4 Å². The van der Waals surface area contributed by atoms with Crippen molar-refractivity contribution in [2.45, 2.75) is 25.4 Å². The van der Waals surface area contributed by atoms with Gasteiger partial charge in [-0.3, -0.25) is 4.90 Å². The van der Waals surface area contributed by atoms with Gasteiger partial charge in [0, 0.05) is 31.5 Å². The molecule has 1 aromatic heterocycles. The lowest BCUT2D eigenvalue weighted by Crippen LogP contribution is -2.41. The largest absolute Gasteiger partial charge is 0.350 e. The van der Waals surface area contributed by atoms with Crippen LogP contribution in [0.25, 0.3) is 0 Å². The Morgan fingerprint density at radius 3 is 2.71 bits per heavy atom. The lowest BCUT2D eigenvalue weighted by atomic mass is 10.0. The molecule has 1 saturated heterocycles. The van der Waals surface area contributed by atoms with Gasteiger partial charge >= 0.3 is 0 Å². The van der Waals surface area contributed by atoms with Crippen molar-refractivity contribution in [3.8, 4) is 0 Å². The highest BCUT2D eigenvalue weighted by Gasteiger charge is 2.20. The Morgan fingerprint density at radius 2 is 1.95 bits per heavy atom. The highest BCUT2D eigenvalue weighted by Crippen LogP contribution is 2.16. The Hall–Kier alpha value is -1.46. The SMILES string of the molecule is Brc1cnc(NC2CCCN(Cc3ccccc3)C2)nc1. The predicted molar refractivity (Wildman–Crippen MR) is 88.1 cm³/mol. The first-order chi connectivity index (χ1) is 10.3. The molecule has 1 atom stereocenters. The van der Waals surface area contributed by atoms with E-state index < -0.39 is 0 Å². The van der Waals surface area contributed by atoms with Gasteiger partial charge in [0.2, 0.25) is 5.95 Å². The molecule has 4 nitrogen and oxygen atoms in total. The number of nitrogens with zero attached hydrogens (tertiary/aromatic N) is 3. The molecule has 3 rings (SSSR count). The van der Waals surface area contributed by atoms with Gasteiger partial charge < -0.3 is 5.32 Å². The van der Waals surface area contributed by atoms with Crippen LogP contribution in [0.15, 0.2) is 47.2 Å². The molecule has 0 radical (unpaired) electrons. The van der Waals surface area contributed by atoms with Crippen LogP contribution in [0.1, 0.15) is 18.4 Å². The van der Waals surface area contributed by atoms with Crippen LogP contribution in [0.5, 0.6) is 0 Å². The minimum Gasteiger partial charge on any atom is -0.350 e. The number of likely N-dealkylation sites (tertiary alicyclic amines) is 1. The molecule has 1 unspecified atom stereocenters. The van der Waals surface area contributed by atoms with Gasteiger partial charge in [0.15, 0.2) is 0 Å². The molecule has 1 aliphatic heterocycles. The highest BCUT2D eigenvalue weighted by atomic mass is 79.9. The average molecular weight is 347 g/mol. The van der Waals surface area contributed by atoms with Gasteiger partial charge in [0.25, 0.3) is 0 Å². The number of benzene rings is 1. The first-order valence-corrected chi connectivity index (χ1v) is 8.09. The van der Waals surface area contributed by atoms with Gasteiger partial charge in [0.05, 0.1) is 4.47 Å². The number of piperidine rings is 1. The lowest BCUT2D eigenvalue weighted by molar-refractivity contribution is 0.208. The highest BCUT2D eigenvalue weighted by molar-refractivity contribution is 9.10. The summed E-state index contributed by atoms with van der Waals surface area (Å²) < 4.78 is 0.905.